The maximum atomic E-state index is 12.9. The zero-order chi connectivity index (χ0) is 21.2. The highest BCUT2D eigenvalue weighted by Gasteiger charge is 2.33. The van der Waals surface area contributed by atoms with Crippen molar-refractivity contribution in [2.75, 3.05) is 31.0 Å². The van der Waals surface area contributed by atoms with E-state index in [1.54, 1.807) is 6.07 Å². The molecule has 2 amide bonds. The van der Waals surface area contributed by atoms with Crippen molar-refractivity contribution in [2.24, 2.45) is 0 Å². The number of hydrogen-bond acceptors (Lipinski definition) is 7. The van der Waals surface area contributed by atoms with Crippen molar-refractivity contribution in [3.8, 4) is 17.2 Å². The molecule has 2 aromatic rings. The number of benzene rings is 2. The third kappa shape index (κ3) is 3.97. The second-order valence-electron chi connectivity index (χ2n) is 6.13. The van der Waals surface area contributed by atoms with Crippen LogP contribution in [0, 0.1) is 0 Å². The minimum atomic E-state index is -4.02. The van der Waals surface area contributed by atoms with Crippen LogP contribution >= 0.6 is 0 Å². The molecule has 2 aromatic carbocycles. The summed E-state index contributed by atoms with van der Waals surface area (Å²) in [6.07, 6.45) is 0.145. The van der Waals surface area contributed by atoms with Crippen LogP contribution in [0.4, 0.5) is 11.4 Å². The number of carbonyl (C=O) groups excluding carboxylic acids is 2. The number of methoxy groups -OCH3 is 3. The molecule has 1 N–H and O–H groups in total. The zero-order valence-corrected chi connectivity index (χ0v) is 16.9. The summed E-state index contributed by atoms with van der Waals surface area (Å²) in [5, 5.41) is 0. The number of imide groups is 1. The quantitative estimate of drug-likeness (QED) is 0.683. The SMILES string of the molecule is COc1ccc(NS(=O)(=O)c2ccc(OC)c(N3C(=O)CCC3=O)c2)cc1OC. The first-order chi connectivity index (χ1) is 13.8. The monoisotopic (exact) mass is 420 g/mol. The average molecular weight is 420 g/mol. The van der Waals surface area contributed by atoms with E-state index in [-0.39, 0.29) is 34.9 Å². The lowest BCUT2D eigenvalue weighted by Crippen LogP contribution is -2.29. The molecule has 0 atom stereocenters. The highest BCUT2D eigenvalue weighted by Crippen LogP contribution is 2.35. The van der Waals surface area contributed by atoms with Gasteiger partial charge in [0.2, 0.25) is 11.8 Å². The number of hydrogen-bond donors (Lipinski definition) is 1. The minimum Gasteiger partial charge on any atom is -0.495 e. The average Bonchev–Trinajstić information content (AvgIpc) is 3.05. The highest BCUT2D eigenvalue weighted by molar-refractivity contribution is 7.92. The van der Waals surface area contributed by atoms with Gasteiger partial charge in [0.15, 0.2) is 11.5 Å². The summed E-state index contributed by atoms with van der Waals surface area (Å²) in [5.74, 6) is 0.217. The number of carbonyl (C=O) groups is 2. The number of ether oxygens (including phenoxy) is 3. The summed E-state index contributed by atoms with van der Waals surface area (Å²) in [7, 11) is 0.268. The van der Waals surface area contributed by atoms with Crippen molar-refractivity contribution in [2.45, 2.75) is 17.7 Å². The van der Waals surface area contributed by atoms with Gasteiger partial charge in [-0.15, -0.1) is 0 Å². The molecule has 0 radical (unpaired) electrons. The number of nitrogens with one attached hydrogen (secondary N) is 1. The van der Waals surface area contributed by atoms with Crippen molar-refractivity contribution < 1.29 is 32.2 Å². The van der Waals surface area contributed by atoms with Gasteiger partial charge >= 0.3 is 0 Å². The Morgan fingerprint density at radius 1 is 0.828 bits per heavy atom. The molecule has 0 bridgehead atoms. The Hall–Kier alpha value is -3.27. The van der Waals surface area contributed by atoms with E-state index in [1.165, 1.54) is 51.7 Å². The molecule has 0 saturated carbocycles. The maximum absolute atomic E-state index is 12.9. The van der Waals surface area contributed by atoms with Crippen LogP contribution in [0.2, 0.25) is 0 Å². The summed E-state index contributed by atoms with van der Waals surface area (Å²) >= 11 is 0. The first kappa shape index (κ1) is 20.5. The Morgan fingerprint density at radius 2 is 1.41 bits per heavy atom. The van der Waals surface area contributed by atoms with E-state index in [4.69, 9.17) is 14.2 Å². The fraction of sp³-hybridized carbons (Fsp3) is 0.263. The number of sulfonamides is 1. The third-order valence-electron chi connectivity index (χ3n) is 4.39. The Bertz CT molecular complexity index is 1050. The molecule has 1 fully saturated rings. The van der Waals surface area contributed by atoms with Crippen LogP contribution in [0.25, 0.3) is 0 Å². The Balaban J connectivity index is 1.98. The van der Waals surface area contributed by atoms with Crippen molar-refractivity contribution in [3.05, 3.63) is 36.4 Å². The lowest BCUT2D eigenvalue weighted by atomic mass is 10.2. The summed E-state index contributed by atoms with van der Waals surface area (Å²) in [4.78, 5) is 25.0. The van der Waals surface area contributed by atoms with E-state index >= 15 is 0 Å². The fourth-order valence-electron chi connectivity index (χ4n) is 2.97. The molecule has 0 aromatic heterocycles. The predicted octanol–water partition coefficient (Wildman–Crippen LogP) is 2.17. The van der Waals surface area contributed by atoms with Crippen LogP contribution in [0.1, 0.15) is 12.8 Å². The van der Waals surface area contributed by atoms with Crippen LogP contribution in [0.3, 0.4) is 0 Å². The molecular formula is C19H20N2O7S. The Morgan fingerprint density at radius 3 is 2.00 bits per heavy atom. The van der Waals surface area contributed by atoms with Crippen LogP contribution in [-0.4, -0.2) is 41.6 Å². The predicted molar refractivity (Wildman–Crippen MR) is 105 cm³/mol. The Labute approximate surface area is 168 Å². The van der Waals surface area contributed by atoms with Crippen molar-refractivity contribution in [1.82, 2.24) is 0 Å². The van der Waals surface area contributed by atoms with Gasteiger partial charge in [-0.05, 0) is 30.3 Å². The molecule has 1 saturated heterocycles. The summed E-state index contributed by atoms with van der Waals surface area (Å²) < 4.78 is 43.7. The molecular weight excluding hydrogens is 400 g/mol. The van der Waals surface area contributed by atoms with Gasteiger partial charge in [0.1, 0.15) is 5.75 Å². The van der Waals surface area contributed by atoms with E-state index in [0.717, 1.165) is 4.90 Å². The molecule has 0 unspecified atom stereocenters. The molecule has 0 aliphatic carbocycles. The maximum Gasteiger partial charge on any atom is 0.261 e. The highest BCUT2D eigenvalue weighted by atomic mass is 32.2. The molecule has 0 spiro atoms. The smallest absolute Gasteiger partial charge is 0.261 e. The second kappa shape index (κ2) is 8.00. The van der Waals surface area contributed by atoms with E-state index < -0.39 is 21.8 Å². The van der Waals surface area contributed by atoms with E-state index in [1.807, 2.05) is 0 Å². The largest absolute Gasteiger partial charge is 0.495 e. The van der Waals surface area contributed by atoms with Gasteiger partial charge in [0.25, 0.3) is 10.0 Å². The van der Waals surface area contributed by atoms with Crippen LogP contribution in [0.15, 0.2) is 41.3 Å². The molecule has 1 heterocycles. The molecule has 1 aliphatic rings. The number of nitrogens with zero attached hydrogens (tertiary/aromatic N) is 1. The number of rotatable bonds is 7. The number of anilines is 2. The van der Waals surface area contributed by atoms with Gasteiger partial charge in [-0.2, -0.15) is 0 Å². The summed E-state index contributed by atoms with van der Waals surface area (Å²) in [6, 6.07) is 8.54. The van der Waals surface area contributed by atoms with Gasteiger partial charge in [0, 0.05) is 18.9 Å². The van der Waals surface area contributed by atoms with E-state index in [2.05, 4.69) is 4.72 Å². The lowest BCUT2D eigenvalue weighted by molar-refractivity contribution is -0.121. The number of amides is 2. The van der Waals surface area contributed by atoms with Gasteiger partial charge in [0.05, 0.1) is 37.6 Å². The molecule has 154 valence electrons. The standard InChI is InChI=1S/C19H20N2O7S/c1-26-15-7-5-13(11-14(15)21-18(22)8-9-19(21)23)29(24,25)20-12-4-6-16(27-2)17(10-12)28-3/h4-7,10-11,20H,8-9H2,1-3H3. The summed E-state index contributed by atoms with van der Waals surface area (Å²) in [6.45, 7) is 0. The first-order valence-electron chi connectivity index (χ1n) is 8.59. The first-order valence-corrected chi connectivity index (χ1v) is 10.1. The lowest BCUT2D eigenvalue weighted by Gasteiger charge is -2.19. The van der Waals surface area contributed by atoms with Gasteiger partial charge in [-0.25, -0.2) is 13.3 Å². The fourth-order valence-corrected chi connectivity index (χ4v) is 4.04. The topological polar surface area (TPSA) is 111 Å². The molecule has 3 rings (SSSR count). The Kier molecular flexibility index (Phi) is 5.64. The van der Waals surface area contributed by atoms with Gasteiger partial charge < -0.3 is 14.2 Å². The normalized spacial score (nSPS) is 14.1. The molecule has 1 aliphatic heterocycles. The van der Waals surface area contributed by atoms with Gasteiger partial charge in [-0.1, -0.05) is 0 Å². The minimum absolute atomic E-state index is 0.0723. The van der Waals surface area contributed by atoms with Crippen LogP contribution < -0.4 is 23.8 Å². The van der Waals surface area contributed by atoms with Gasteiger partial charge in [-0.3, -0.25) is 14.3 Å². The van der Waals surface area contributed by atoms with Crippen LogP contribution in [0.5, 0.6) is 17.2 Å². The summed E-state index contributed by atoms with van der Waals surface area (Å²) in [5.41, 5.74) is 0.350. The zero-order valence-electron chi connectivity index (χ0n) is 16.1. The molecule has 10 heteroatoms. The third-order valence-corrected chi connectivity index (χ3v) is 5.77. The second-order valence-corrected chi connectivity index (χ2v) is 7.81. The van der Waals surface area contributed by atoms with Crippen molar-refractivity contribution in [1.29, 1.82) is 0 Å². The van der Waals surface area contributed by atoms with Crippen molar-refractivity contribution >= 4 is 33.2 Å². The molecule has 9 nitrogen and oxygen atoms in total. The molecule has 29 heavy (non-hydrogen) atoms. The van der Waals surface area contributed by atoms with Crippen LogP contribution in [-0.2, 0) is 19.6 Å². The van der Waals surface area contributed by atoms with Crippen molar-refractivity contribution in [3.63, 3.8) is 0 Å². The van der Waals surface area contributed by atoms with E-state index in [9.17, 15) is 18.0 Å². The van der Waals surface area contributed by atoms with E-state index in [0.29, 0.717) is 11.5 Å².